The van der Waals surface area contributed by atoms with Crippen molar-refractivity contribution >= 4 is 65.8 Å². The molecule has 3 heterocycles. The van der Waals surface area contributed by atoms with Crippen LogP contribution in [0.2, 0.25) is 0 Å². The van der Waals surface area contributed by atoms with Crippen molar-refractivity contribution in [3.63, 3.8) is 0 Å². The van der Waals surface area contributed by atoms with Crippen LogP contribution in [0, 0.1) is 0 Å². The molecule has 0 spiro atoms. The lowest BCUT2D eigenvalue weighted by Crippen LogP contribution is -2.15. The summed E-state index contributed by atoms with van der Waals surface area (Å²) < 4.78 is 20.1. The molecule has 8 aromatic carbocycles. The minimum Gasteiger partial charge on any atom is -0.456 e. The average Bonchev–Trinajstić information content (AvgIpc) is 4.01. The molecule has 270 valence electrons. The second-order valence-electron chi connectivity index (χ2n) is 17.2. The Morgan fingerprint density at radius 2 is 0.737 bits per heavy atom. The maximum atomic E-state index is 7.45. The molecule has 57 heavy (non-hydrogen) atoms. The first kappa shape index (κ1) is 31.4. The largest absolute Gasteiger partial charge is 0.456 e. The highest BCUT2D eigenvalue weighted by Crippen LogP contribution is 2.60. The summed E-state index contributed by atoms with van der Waals surface area (Å²) in [6.45, 7) is 9.45. The van der Waals surface area contributed by atoms with Crippen LogP contribution in [0.3, 0.4) is 0 Å². The highest BCUT2D eigenvalue weighted by Gasteiger charge is 2.43. The standard InChI is InChI=1S/C54H36O3/c1-53(2)41-17-9-5-15-33(41)47-35(29-21-23-45-37(25-29)31-13-7-11-19-43(31)55-45)27-39-40-28-36(30-22-24-46-38(26-30)32-14-8-12-20-44(32)56-46)48-34-16-6-10-18-42(34)54(3,4)50(48)52(40)57-51(39)49(47)53/h5-28H,1-4H3. The maximum Gasteiger partial charge on any atom is 0.140 e. The highest BCUT2D eigenvalue weighted by atomic mass is 16.3. The lowest BCUT2D eigenvalue weighted by atomic mass is 9.80. The Labute approximate surface area is 328 Å². The van der Waals surface area contributed by atoms with Crippen molar-refractivity contribution in [2.75, 3.05) is 0 Å². The predicted octanol–water partition coefficient (Wildman–Crippen LogP) is 15.3. The van der Waals surface area contributed by atoms with Crippen molar-refractivity contribution in [2.24, 2.45) is 0 Å². The fourth-order valence-electron chi connectivity index (χ4n) is 10.8. The number of rotatable bonds is 2. The number of benzene rings is 8. The van der Waals surface area contributed by atoms with E-state index in [4.69, 9.17) is 13.3 Å². The van der Waals surface area contributed by atoms with E-state index in [1.165, 1.54) is 66.8 Å². The predicted molar refractivity (Wildman–Crippen MR) is 234 cm³/mol. The lowest BCUT2D eigenvalue weighted by Gasteiger charge is -2.22. The summed E-state index contributed by atoms with van der Waals surface area (Å²) in [5.41, 5.74) is 19.9. The molecule has 0 atom stereocenters. The van der Waals surface area contributed by atoms with Gasteiger partial charge in [-0.1, -0.05) is 125 Å². The van der Waals surface area contributed by atoms with Crippen LogP contribution in [0.25, 0.3) is 110 Å². The molecule has 2 aliphatic rings. The van der Waals surface area contributed by atoms with Gasteiger partial charge in [0.1, 0.15) is 33.5 Å². The summed E-state index contributed by atoms with van der Waals surface area (Å²) in [6, 6.07) is 52.8. The average molecular weight is 733 g/mol. The molecule has 0 amide bonds. The van der Waals surface area contributed by atoms with Crippen molar-refractivity contribution < 1.29 is 13.3 Å². The van der Waals surface area contributed by atoms with Crippen LogP contribution in [0.4, 0.5) is 0 Å². The van der Waals surface area contributed by atoms with Gasteiger partial charge in [0.2, 0.25) is 0 Å². The third-order valence-electron chi connectivity index (χ3n) is 13.4. The van der Waals surface area contributed by atoms with Gasteiger partial charge in [0, 0.05) is 54.3 Å². The van der Waals surface area contributed by atoms with E-state index in [0.717, 1.165) is 65.8 Å². The van der Waals surface area contributed by atoms with E-state index in [0.29, 0.717) is 0 Å². The van der Waals surface area contributed by atoms with Gasteiger partial charge in [-0.15, -0.1) is 0 Å². The van der Waals surface area contributed by atoms with Crippen molar-refractivity contribution in [2.45, 2.75) is 38.5 Å². The normalized spacial score (nSPS) is 14.9. The minimum absolute atomic E-state index is 0.293. The summed E-state index contributed by atoms with van der Waals surface area (Å²) >= 11 is 0. The molecule has 0 radical (unpaired) electrons. The second-order valence-corrected chi connectivity index (χ2v) is 17.2. The number of hydrogen-bond acceptors (Lipinski definition) is 3. The Bertz CT molecular complexity index is 3350. The summed E-state index contributed by atoms with van der Waals surface area (Å²) in [5, 5.41) is 6.80. The van der Waals surface area contributed by atoms with Crippen molar-refractivity contribution in [1.29, 1.82) is 0 Å². The molecular weight excluding hydrogens is 697 g/mol. The first-order valence-corrected chi connectivity index (χ1v) is 19.9. The van der Waals surface area contributed by atoms with Gasteiger partial charge in [-0.2, -0.15) is 0 Å². The number of para-hydroxylation sites is 2. The first-order chi connectivity index (χ1) is 27.8. The third-order valence-corrected chi connectivity index (χ3v) is 13.4. The summed E-state index contributed by atoms with van der Waals surface area (Å²) in [5.74, 6) is 0. The van der Waals surface area contributed by atoms with Crippen LogP contribution in [0.1, 0.15) is 49.9 Å². The van der Waals surface area contributed by atoms with Gasteiger partial charge in [-0.3, -0.25) is 0 Å². The van der Waals surface area contributed by atoms with E-state index < -0.39 is 0 Å². The van der Waals surface area contributed by atoms with Crippen LogP contribution < -0.4 is 0 Å². The molecule has 0 bridgehead atoms. The van der Waals surface area contributed by atoms with Gasteiger partial charge in [-0.05, 0) is 104 Å². The quantitative estimate of drug-likeness (QED) is 0.178. The van der Waals surface area contributed by atoms with E-state index in [1.54, 1.807) is 0 Å². The van der Waals surface area contributed by atoms with E-state index in [1.807, 2.05) is 12.1 Å². The summed E-state index contributed by atoms with van der Waals surface area (Å²) in [4.78, 5) is 0. The fourth-order valence-corrected chi connectivity index (χ4v) is 10.8. The van der Waals surface area contributed by atoms with Gasteiger partial charge < -0.3 is 13.3 Å². The number of fused-ring (bicyclic) bond motifs is 17. The number of hydrogen-bond donors (Lipinski definition) is 0. The molecule has 0 unspecified atom stereocenters. The molecule has 13 rings (SSSR count). The zero-order valence-corrected chi connectivity index (χ0v) is 32.1. The first-order valence-electron chi connectivity index (χ1n) is 19.9. The monoisotopic (exact) mass is 732 g/mol. The van der Waals surface area contributed by atoms with E-state index in [2.05, 4.69) is 161 Å². The zero-order valence-electron chi connectivity index (χ0n) is 32.1. The molecular formula is C54H36O3. The Kier molecular flexibility index (Phi) is 5.78. The van der Waals surface area contributed by atoms with E-state index in [9.17, 15) is 0 Å². The molecule has 3 aromatic heterocycles. The van der Waals surface area contributed by atoms with Gasteiger partial charge in [0.15, 0.2) is 0 Å². The van der Waals surface area contributed by atoms with Gasteiger partial charge in [-0.25, -0.2) is 0 Å². The molecule has 3 heteroatoms. The Balaban J connectivity index is 1.18. The minimum atomic E-state index is -0.293. The topological polar surface area (TPSA) is 39.4 Å². The Morgan fingerprint density at radius 1 is 0.333 bits per heavy atom. The molecule has 11 aromatic rings. The smallest absolute Gasteiger partial charge is 0.140 e. The van der Waals surface area contributed by atoms with Gasteiger partial charge >= 0.3 is 0 Å². The maximum absolute atomic E-state index is 7.45. The van der Waals surface area contributed by atoms with E-state index in [-0.39, 0.29) is 10.8 Å². The van der Waals surface area contributed by atoms with Crippen LogP contribution in [-0.4, -0.2) is 0 Å². The van der Waals surface area contributed by atoms with Crippen LogP contribution in [0.5, 0.6) is 0 Å². The molecule has 0 aliphatic heterocycles. The van der Waals surface area contributed by atoms with Gasteiger partial charge in [0.05, 0.1) is 0 Å². The molecule has 0 saturated carbocycles. The Morgan fingerprint density at radius 3 is 1.21 bits per heavy atom. The van der Waals surface area contributed by atoms with Crippen molar-refractivity contribution in [1.82, 2.24) is 0 Å². The highest BCUT2D eigenvalue weighted by molar-refractivity contribution is 6.18. The van der Waals surface area contributed by atoms with Crippen LogP contribution >= 0.6 is 0 Å². The fraction of sp³-hybridized carbons (Fsp3) is 0.111. The summed E-state index contributed by atoms with van der Waals surface area (Å²) in [7, 11) is 0. The molecule has 0 N–H and O–H groups in total. The lowest BCUT2D eigenvalue weighted by molar-refractivity contribution is 0.601. The summed E-state index contributed by atoms with van der Waals surface area (Å²) in [6.07, 6.45) is 0. The number of furan rings is 3. The van der Waals surface area contributed by atoms with E-state index >= 15 is 0 Å². The molecule has 3 nitrogen and oxygen atoms in total. The van der Waals surface area contributed by atoms with Crippen molar-refractivity contribution in [3.05, 3.63) is 168 Å². The molecule has 0 saturated heterocycles. The third kappa shape index (κ3) is 3.91. The van der Waals surface area contributed by atoms with Gasteiger partial charge in [0.25, 0.3) is 0 Å². The SMILES string of the molecule is CC1(C)c2ccccc2-c2c(-c3ccc4oc5ccccc5c4c3)cc3c(oc4c5c(c(-c6ccc7oc8ccccc8c7c6)cc43)-c3ccccc3C5(C)C)c21. The zero-order chi connectivity index (χ0) is 37.9. The molecule has 0 fully saturated rings. The second kappa shape index (κ2) is 10.5. The van der Waals surface area contributed by atoms with Crippen LogP contribution in [-0.2, 0) is 10.8 Å². The Hall–Kier alpha value is -6.84. The molecule has 2 aliphatic carbocycles. The van der Waals surface area contributed by atoms with Crippen LogP contribution in [0.15, 0.2) is 159 Å². The van der Waals surface area contributed by atoms with Crippen molar-refractivity contribution in [3.8, 4) is 44.5 Å².